The van der Waals surface area contributed by atoms with Crippen LogP contribution in [0.3, 0.4) is 0 Å². The number of hydrogen-bond acceptors (Lipinski definition) is 6. The molecule has 2 rings (SSSR count). The first-order valence-electron chi connectivity index (χ1n) is 5.93. The van der Waals surface area contributed by atoms with Crippen molar-refractivity contribution < 1.29 is 9.53 Å². The lowest BCUT2D eigenvalue weighted by Crippen LogP contribution is -2.13. The van der Waals surface area contributed by atoms with E-state index in [0.717, 1.165) is 5.75 Å². The molecule has 0 spiro atoms. The lowest BCUT2D eigenvalue weighted by molar-refractivity contribution is 0.0530. The van der Waals surface area contributed by atoms with Crippen LogP contribution in [0.1, 0.15) is 31.1 Å². The number of thioether (sulfide) groups is 1. The number of nitrogens with one attached hydrogen (secondary N) is 1. The van der Waals surface area contributed by atoms with Crippen molar-refractivity contribution in [3.05, 3.63) is 17.8 Å². The summed E-state index contributed by atoms with van der Waals surface area (Å²) in [5.74, 6) is 0.390. The van der Waals surface area contributed by atoms with E-state index in [1.54, 1.807) is 17.8 Å². The zero-order valence-corrected chi connectivity index (χ0v) is 12.0. The van der Waals surface area contributed by atoms with E-state index < -0.39 is 0 Å². The van der Waals surface area contributed by atoms with E-state index in [-0.39, 0.29) is 10.7 Å². The second-order valence-electron chi connectivity index (χ2n) is 4.99. The lowest BCUT2D eigenvalue weighted by atomic mass is 10.3. The standard InChI is InChI=1S/C12H16N4O2S/c1-12(2,3)19-5-4-18-11(17)8-6-9-10(13-7-8)15-16-14-9/h6-7H,4-5H2,1-3H3,(H,13,14,15,16). The van der Waals surface area contributed by atoms with Gasteiger partial charge in [-0.2, -0.15) is 22.1 Å². The number of carbonyl (C=O) groups is 1. The van der Waals surface area contributed by atoms with Crippen LogP contribution in [0.4, 0.5) is 0 Å². The van der Waals surface area contributed by atoms with Crippen molar-refractivity contribution >= 4 is 28.9 Å². The van der Waals surface area contributed by atoms with Gasteiger partial charge in [-0.15, -0.1) is 5.10 Å². The van der Waals surface area contributed by atoms with Crippen molar-refractivity contribution in [1.82, 2.24) is 20.4 Å². The second kappa shape index (κ2) is 5.56. The molecular weight excluding hydrogens is 264 g/mol. The van der Waals surface area contributed by atoms with E-state index in [9.17, 15) is 4.79 Å². The van der Waals surface area contributed by atoms with Crippen molar-refractivity contribution in [3.63, 3.8) is 0 Å². The van der Waals surface area contributed by atoms with E-state index >= 15 is 0 Å². The third-order valence-electron chi connectivity index (χ3n) is 2.26. The van der Waals surface area contributed by atoms with Gasteiger partial charge >= 0.3 is 5.97 Å². The van der Waals surface area contributed by atoms with Gasteiger partial charge in [-0.25, -0.2) is 9.78 Å². The zero-order valence-electron chi connectivity index (χ0n) is 11.1. The number of esters is 1. The fourth-order valence-electron chi connectivity index (χ4n) is 1.42. The maximum atomic E-state index is 11.8. The summed E-state index contributed by atoms with van der Waals surface area (Å²) in [7, 11) is 0. The predicted molar refractivity (Wildman–Crippen MR) is 74.2 cm³/mol. The Balaban J connectivity index is 1.89. The Bertz CT molecular complexity index is 576. The third kappa shape index (κ3) is 3.92. The minimum atomic E-state index is -0.382. The fraction of sp³-hybridized carbons (Fsp3) is 0.500. The molecule has 0 atom stereocenters. The van der Waals surface area contributed by atoms with Gasteiger partial charge in [-0.05, 0) is 6.07 Å². The number of H-pyrrole nitrogens is 1. The van der Waals surface area contributed by atoms with Gasteiger partial charge in [0.05, 0.1) is 5.56 Å². The van der Waals surface area contributed by atoms with Crippen molar-refractivity contribution in [2.75, 3.05) is 12.4 Å². The second-order valence-corrected chi connectivity index (χ2v) is 6.91. The molecule has 0 aliphatic rings. The Hall–Kier alpha value is -1.63. The van der Waals surface area contributed by atoms with Crippen LogP contribution < -0.4 is 0 Å². The van der Waals surface area contributed by atoms with Gasteiger partial charge in [0.15, 0.2) is 0 Å². The molecule has 0 aliphatic carbocycles. The molecular formula is C12H16N4O2S. The van der Waals surface area contributed by atoms with Gasteiger partial charge in [-0.3, -0.25) is 0 Å². The largest absolute Gasteiger partial charge is 0.461 e. The number of pyridine rings is 1. The number of hydrogen-bond donors (Lipinski definition) is 1. The Kier molecular flexibility index (Phi) is 4.04. The van der Waals surface area contributed by atoms with Crippen molar-refractivity contribution in [1.29, 1.82) is 0 Å². The van der Waals surface area contributed by atoms with E-state index in [0.29, 0.717) is 23.3 Å². The molecule has 2 heterocycles. The summed E-state index contributed by atoms with van der Waals surface area (Å²) < 4.78 is 5.36. The van der Waals surface area contributed by atoms with E-state index in [1.807, 2.05) is 0 Å². The van der Waals surface area contributed by atoms with Crippen LogP contribution in [0, 0.1) is 0 Å². The zero-order chi connectivity index (χ0) is 13.9. The number of carbonyl (C=O) groups excluding carboxylic acids is 1. The third-order valence-corrected chi connectivity index (χ3v) is 3.50. The molecule has 2 aromatic rings. The molecule has 0 saturated carbocycles. The molecule has 0 aliphatic heterocycles. The smallest absolute Gasteiger partial charge is 0.339 e. The molecule has 0 amide bonds. The monoisotopic (exact) mass is 280 g/mol. The number of aromatic amines is 1. The molecule has 0 radical (unpaired) electrons. The van der Waals surface area contributed by atoms with E-state index in [2.05, 4.69) is 41.2 Å². The number of ether oxygens (including phenoxy) is 1. The average Bonchev–Trinajstić information content (AvgIpc) is 2.80. The highest BCUT2D eigenvalue weighted by Gasteiger charge is 2.13. The summed E-state index contributed by atoms with van der Waals surface area (Å²) in [6, 6.07) is 1.62. The number of nitrogens with zero attached hydrogens (tertiary/aromatic N) is 3. The fourth-order valence-corrected chi connectivity index (χ4v) is 2.20. The van der Waals surface area contributed by atoms with Crippen LogP contribution in [0.5, 0.6) is 0 Å². The predicted octanol–water partition coefficient (Wildman–Crippen LogP) is 2.04. The lowest BCUT2D eigenvalue weighted by Gasteiger charge is -2.17. The topological polar surface area (TPSA) is 80.8 Å². The highest BCUT2D eigenvalue weighted by molar-refractivity contribution is 8.00. The minimum absolute atomic E-state index is 0.174. The van der Waals surface area contributed by atoms with Gasteiger partial charge in [-0.1, -0.05) is 20.8 Å². The van der Waals surface area contributed by atoms with Crippen molar-refractivity contribution in [3.8, 4) is 0 Å². The molecule has 1 N–H and O–H groups in total. The average molecular weight is 280 g/mol. The minimum Gasteiger partial charge on any atom is -0.461 e. The van der Waals surface area contributed by atoms with Gasteiger partial charge < -0.3 is 4.74 Å². The molecule has 0 unspecified atom stereocenters. The Morgan fingerprint density at radius 1 is 1.42 bits per heavy atom. The molecule has 0 aromatic carbocycles. The SMILES string of the molecule is CC(C)(C)SCCOC(=O)c1cnc2n[nH]nc2c1. The Morgan fingerprint density at radius 2 is 2.21 bits per heavy atom. The van der Waals surface area contributed by atoms with Crippen LogP contribution >= 0.6 is 11.8 Å². The summed E-state index contributed by atoms with van der Waals surface area (Å²) in [5.41, 5.74) is 1.43. The Morgan fingerprint density at radius 3 is 2.95 bits per heavy atom. The van der Waals surface area contributed by atoms with Crippen LogP contribution in [-0.2, 0) is 4.74 Å². The normalized spacial score (nSPS) is 11.7. The summed E-state index contributed by atoms with van der Waals surface area (Å²) in [5, 5.41) is 10.2. The van der Waals surface area contributed by atoms with E-state index in [4.69, 9.17) is 4.74 Å². The van der Waals surface area contributed by atoms with Gasteiger partial charge in [0, 0.05) is 16.7 Å². The number of aromatic nitrogens is 4. The van der Waals surface area contributed by atoms with Crippen LogP contribution in [-0.4, -0.2) is 43.5 Å². The van der Waals surface area contributed by atoms with Gasteiger partial charge in [0.2, 0.25) is 5.65 Å². The highest BCUT2D eigenvalue weighted by Crippen LogP contribution is 2.22. The molecule has 0 fully saturated rings. The summed E-state index contributed by atoms with van der Waals surface area (Å²) in [6.45, 7) is 6.77. The number of rotatable bonds is 4. The quantitative estimate of drug-likeness (QED) is 0.682. The van der Waals surface area contributed by atoms with Crippen LogP contribution in [0.15, 0.2) is 12.3 Å². The molecule has 19 heavy (non-hydrogen) atoms. The van der Waals surface area contributed by atoms with Crippen LogP contribution in [0.25, 0.3) is 11.2 Å². The first-order valence-corrected chi connectivity index (χ1v) is 6.92. The first kappa shape index (κ1) is 13.8. The Labute approximate surface area is 115 Å². The maximum absolute atomic E-state index is 11.8. The summed E-state index contributed by atoms with van der Waals surface area (Å²) >= 11 is 1.75. The van der Waals surface area contributed by atoms with Gasteiger partial charge in [0.1, 0.15) is 12.1 Å². The highest BCUT2D eigenvalue weighted by atomic mass is 32.2. The molecule has 6 nitrogen and oxygen atoms in total. The van der Waals surface area contributed by atoms with Crippen molar-refractivity contribution in [2.45, 2.75) is 25.5 Å². The summed E-state index contributed by atoms with van der Waals surface area (Å²) in [4.78, 5) is 15.8. The first-order chi connectivity index (χ1) is 8.96. The molecule has 0 bridgehead atoms. The summed E-state index contributed by atoms with van der Waals surface area (Å²) in [6.07, 6.45) is 1.45. The van der Waals surface area contributed by atoms with E-state index in [1.165, 1.54) is 6.20 Å². The van der Waals surface area contributed by atoms with Crippen LogP contribution in [0.2, 0.25) is 0 Å². The van der Waals surface area contributed by atoms with Crippen molar-refractivity contribution in [2.24, 2.45) is 0 Å². The molecule has 102 valence electrons. The van der Waals surface area contributed by atoms with Gasteiger partial charge in [0.25, 0.3) is 0 Å². The molecule has 2 aromatic heterocycles. The maximum Gasteiger partial charge on any atom is 0.339 e. The number of fused-ring (bicyclic) bond motifs is 1. The molecule has 0 saturated heterocycles. The molecule has 7 heteroatoms.